The highest BCUT2D eigenvalue weighted by molar-refractivity contribution is 4.77. The van der Waals surface area contributed by atoms with E-state index in [0.717, 1.165) is 84.7 Å². The van der Waals surface area contributed by atoms with Crippen molar-refractivity contribution in [3.63, 3.8) is 0 Å². The van der Waals surface area contributed by atoms with E-state index in [4.69, 9.17) is 0 Å². The molecule has 0 bridgehead atoms. The van der Waals surface area contributed by atoms with E-state index >= 15 is 0 Å². The van der Waals surface area contributed by atoms with Gasteiger partial charge in [-0.15, -0.1) is 0 Å². The largest absolute Gasteiger partial charge is 0.392 e. The third-order valence-corrected chi connectivity index (χ3v) is 8.36. The molecule has 1 aliphatic rings. The zero-order chi connectivity index (χ0) is 29.9. The van der Waals surface area contributed by atoms with Crippen LogP contribution < -0.4 is 0 Å². The third kappa shape index (κ3) is 16.9. The summed E-state index contributed by atoms with van der Waals surface area (Å²) in [4.78, 5) is 11.7. The minimum absolute atomic E-state index is 0.351. The van der Waals surface area contributed by atoms with Crippen molar-refractivity contribution >= 4 is 0 Å². The SMILES string of the molecule is CC[C@@H](O)CN(CCN1CCN(CCN(C[C@H](O)CC)C[C@H](O)CC)CC1)CCN(C[C@H](O)CC)C[C@H](O)CC. The lowest BCUT2D eigenvalue weighted by atomic mass is 10.2. The van der Waals surface area contributed by atoms with Gasteiger partial charge in [0.2, 0.25) is 0 Å². The highest BCUT2D eigenvalue weighted by atomic mass is 16.3. The maximum Gasteiger partial charge on any atom is 0.0664 e. The van der Waals surface area contributed by atoms with Gasteiger partial charge in [-0.1, -0.05) is 34.6 Å². The van der Waals surface area contributed by atoms with E-state index in [0.29, 0.717) is 45.6 Å². The minimum Gasteiger partial charge on any atom is -0.392 e. The van der Waals surface area contributed by atoms with E-state index in [-0.39, 0.29) is 18.3 Å². The molecule has 5 atom stereocenters. The first-order chi connectivity index (χ1) is 19.1. The monoisotopic (exact) mass is 575 g/mol. The van der Waals surface area contributed by atoms with E-state index in [1.54, 1.807) is 0 Å². The minimum atomic E-state index is -0.393. The van der Waals surface area contributed by atoms with Crippen LogP contribution in [-0.2, 0) is 0 Å². The predicted molar refractivity (Wildman–Crippen MR) is 164 cm³/mol. The number of rotatable bonds is 24. The van der Waals surface area contributed by atoms with Crippen molar-refractivity contribution in [2.24, 2.45) is 0 Å². The molecule has 0 amide bonds. The van der Waals surface area contributed by atoms with Crippen LogP contribution in [0.15, 0.2) is 0 Å². The number of hydrogen-bond acceptors (Lipinski definition) is 10. The Labute approximate surface area is 245 Å². The first-order valence-electron chi connectivity index (χ1n) is 16.2. The molecule has 0 spiro atoms. The molecule has 240 valence electrons. The van der Waals surface area contributed by atoms with E-state index in [1.807, 2.05) is 34.6 Å². The summed E-state index contributed by atoms with van der Waals surface area (Å²) < 4.78 is 0. The molecule has 1 saturated heterocycles. The van der Waals surface area contributed by atoms with E-state index in [9.17, 15) is 25.5 Å². The molecule has 0 unspecified atom stereocenters. The summed E-state index contributed by atoms with van der Waals surface area (Å²) in [5, 5.41) is 51.1. The molecular formula is C30H65N5O5. The fraction of sp³-hybridized carbons (Fsp3) is 1.00. The van der Waals surface area contributed by atoms with Crippen LogP contribution in [0, 0.1) is 0 Å². The van der Waals surface area contributed by atoms with Crippen molar-refractivity contribution in [2.75, 3.05) is 98.2 Å². The van der Waals surface area contributed by atoms with Gasteiger partial charge < -0.3 is 25.5 Å². The molecule has 1 rings (SSSR count). The van der Waals surface area contributed by atoms with E-state index in [1.165, 1.54) is 0 Å². The maximum absolute atomic E-state index is 10.4. The average molecular weight is 576 g/mol. The average Bonchev–Trinajstić information content (AvgIpc) is 2.96. The van der Waals surface area contributed by atoms with Crippen LogP contribution in [0.4, 0.5) is 0 Å². The van der Waals surface area contributed by atoms with Gasteiger partial charge in [-0.05, 0) is 32.1 Å². The molecule has 1 aliphatic heterocycles. The second-order valence-corrected chi connectivity index (χ2v) is 11.8. The lowest BCUT2D eigenvalue weighted by Crippen LogP contribution is -2.51. The third-order valence-electron chi connectivity index (χ3n) is 8.36. The van der Waals surface area contributed by atoms with Gasteiger partial charge in [-0.25, -0.2) is 0 Å². The van der Waals surface area contributed by atoms with Gasteiger partial charge in [0.25, 0.3) is 0 Å². The van der Waals surface area contributed by atoms with Crippen molar-refractivity contribution in [1.82, 2.24) is 24.5 Å². The first kappa shape index (κ1) is 37.6. The Morgan fingerprint density at radius 3 is 1.00 bits per heavy atom. The second kappa shape index (κ2) is 22.2. The molecule has 10 heteroatoms. The molecule has 0 aromatic carbocycles. The molecule has 0 aliphatic carbocycles. The van der Waals surface area contributed by atoms with Crippen molar-refractivity contribution in [3.05, 3.63) is 0 Å². The maximum atomic E-state index is 10.4. The van der Waals surface area contributed by atoms with E-state index in [2.05, 4.69) is 24.5 Å². The second-order valence-electron chi connectivity index (χ2n) is 11.8. The van der Waals surface area contributed by atoms with Gasteiger partial charge in [-0.2, -0.15) is 0 Å². The highest BCUT2D eigenvalue weighted by Crippen LogP contribution is 2.07. The molecule has 0 aromatic heterocycles. The van der Waals surface area contributed by atoms with Crippen molar-refractivity contribution in [1.29, 1.82) is 0 Å². The normalized spacial score (nSPS) is 19.4. The topological polar surface area (TPSA) is 117 Å². The quantitative estimate of drug-likeness (QED) is 0.110. The zero-order valence-corrected chi connectivity index (χ0v) is 26.5. The molecule has 0 radical (unpaired) electrons. The molecule has 1 fully saturated rings. The summed E-state index contributed by atoms with van der Waals surface area (Å²) in [6.45, 7) is 22.2. The van der Waals surface area contributed by atoms with Crippen LogP contribution in [-0.4, -0.2) is 179 Å². The summed E-state index contributed by atoms with van der Waals surface area (Å²) >= 11 is 0. The van der Waals surface area contributed by atoms with Crippen LogP contribution in [0.5, 0.6) is 0 Å². The number of aliphatic hydroxyl groups excluding tert-OH is 5. The van der Waals surface area contributed by atoms with Gasteiger partial charge in [0.15, 0.2) is 0 Å². The summed E-state index contributed by atoms with van der Waals surface area (Å²) in [6, 6.07) is 0. The summed E-state index contributed by atoms with van der Waals surface area (Å²) in [7, 11) is 0. The van der Waals surface area contributed by atoms with Crippen LogP contribution in [0.25, 0.3) is 0 Å². The Morgan fingerprint density at radius 1 is 0.425 bits per heavy atom. The first-order valence-corrected chi connectivity index (χ1v) is 16.2. The van der Waals surface area contributed by atoms with Crippen molar-refractivity contribution in [2.45, 2.75) is 97.2 Å². The lowest BCUT2D eigenvalue weighted by Gasteiger charge is -2.37. The van der Waals surface area contributed by atoms with Gasteiger partial charge in [0.1, 0.15) is 0 Å². The molecule has 0 saturated carbocycles. The molecule has 10 nitrogen and oxygen atoms in total. The van der Waals surface area contributed by atoms with Gasteiger partial charge in [0.05, 0.1) is 30.5 Å². The van der Waals surface area contributed by atoms with Gasteiger partial charge in [0, 0.05) is 98.2 Å². The number of piperazine rings is 1. The number of hydrogen-bond donors (Lipinski definition) is 5. The van der Waals surface area contributed by atoms with Crippen molar-refractivity contribution in [3.8, 4) is 0 Å². The van der Waals surface area contributed by atoms with Crippen LogP contribution in [0.2, 0.25) is 0 Å². The van der Waals surface area contributed by atoms with Crippen LogP contribution >= 0.6 is 0 Å². The molecule has 1 heterocycles. The fourth-order valence-electron chi connectivity index (χ4n) is 5.03. The standard InChI is InChI=1S/C30H65N5O5/c1-6-26(36)21-33(18-20-35(24-29(39)9-4)25-30(40)10-5)17-15-31-11-13-32(14-12-31)16-19-34(22-27(37)7-2)23-28(38)8-3/h26-30,36-40H,6-25H2,1-5H3/t26-,27-,28-,29-,30-/m1/s1. The predicted octanol–water partition coefficient (Wildman–Crippen LogP) is 0.365. The molecular weight excluding hydrogens is 510 g/mol. The van der Waals surface area contributed by atoms with Gasteiger partial charge in [-0.3, -0.25) is 24.5 Å². The Hall–Kier alpha value is -0.400. The molecule has 5 N–H and O–H groups in total. The summed E-state index contributed by atoms with van der Waals surface area (Å²) in [5.74, 6) is 0. The fourth-order valence-corrected chi connectivity index (χ4v) is 5.03. The van der Waals surface area contributed by atoms with E-state index < -0.39 is 12.2 Å². The Morgan fingerprint density at radius 2 is 0.675 bits per heavy atom. The Balaban J connectivity index is 2.55. The smallest absolute Gasteiger partial charge is 0.0664 e. The number of aliphatic hydroxyl groups is 5. The highest BCUT2D eigenvalue weighted by Gasteiger charge is 2.21. The Kier molecular flexibility index (Phi) is 20.9. The Bertz CT molecular complexity index is 575. The van der Waals surface area contributed by atoms with Crippen LogP contribution in [0.1, 0.15) is 66.7 Å². The molecule has 0 aromatic rings. The van der Waals surface area contributed by atoms with Gasteiger partial charge >= 0.3 is 0 Å². The summed E-state index contributed by atoms with van der Waals surface area (Å²) in [5.41, 5.74) is 0. The summed E-state index contributed by atoms with van der Waals surface area (Å²) in [6.07, 6.45) is 1.73. The van der Waals surface area contributed by atoms with Crippen molar-refractivity contribution < 1.29 is 25.5 Å². The number of nitrogens with zero attached hydrogens (tertiary/aromatic N) is 5. The molecule has 40 heavy (non-hydrogen) atoms. The van der Waals surface area contributed by atoms with Crippen LogP contribution in [0.3, 0.4) is 0 Å². The zero-order valence-electron chi connectivity index (χ0n) is 26.5. The lowest BCUT2D eigenvalue weighted by molar-refractivity contribution is 0.0461.